The quantitative estimate of drug-likeness (QED) is 0.821. The Bertz CT molecular complexity index is 832. The second-order valence-corrected chi connectivity index (χ2v) is 6.69. The highest BCUT2D eigenvalue weighted by molar-refractivity contribution is 9.10. The number of carbonyl (C=O) groups excluding carboxylic acids is 2. The number of ketones is 1. The smallest absolute Gasteiger partial charge is 0.263 e. The van der Waals surface area contributed by atoms with Crippen LogP contribution in [0.2, 0.25) is 0 Å². The van der Waals surface area contributed by atoms with Crippen molar-refractivity contribution in [1.29, 1.82) is 0 Å². The van der Waals surface area contributed by atoms with Crippen molar-refractivity contribution < 1.29 is 14.7 Å². The van der Waals surface area contributed by atoms with Gasteiger partial charge < -0.3 is 10.0 Å². The first-order chi connectivity index (χ1) is 11.4. The van der Waals surface area contributed by atoms with Crippen molar-refractivity contribution in [2.75, 3.05) is 11.9 Å². The zero-order chi connectivity index (χ0) is 17.3. The molecule has 0 spiro atoms. The molecule has 24 heavy (non-hydrogen) atoms. The standard InChI is InChI=1S/C19H16BrNO3/c1-21-17-10-8-14(20)11-16(17)19(24,18(21)23)12-15(22)9-7-13-5-3-2-4-6-13/h2-11,24H,12H2,1H3/b9-7+/t19-/m1/s1. The Morgan fingerprint density at radius 2 is 1.96 bits per heavy atom. The average molecular weight is 386 g/mol. The van der Waals surface area contributed by atoms with Crippen LogP contribution < -0.4 is 4.90 Å². The van der Waals surface area contributed by atoms with Gasteiger partial charge in [0.2, 0.25) is 0 Å². The van der Waals surface area contributed by atoms with Crippen molar-refractivity contribution in [3.63, 3.8) is 0 Å². The van der Waals surface area contributed by atoms with Crippen molar-refractivity contribution in [3.05, 3.63) is 70.2 Å². The van der Waals surface area contributed by atoms with Gasteiger partial charge in [0.15, 0.2) is 11.4 Å². The molecule has 1 aliphatic rings. The van der Waals surface area contributed by atoms with Gasteiger partial charge in [0.1, 0.15) is 0 Å². The maximum absolute atomic E-state index is 12.5. The van der Waals surface area contributed by atoms with Gasteiger partial charge in [-0.05, 0) is 29.8 Å². The molecule has 3 rings (SSSR count). The molecule has 0 radical (unpaired) electrons. The van der Waals surface area contributed by atoms with Gasteiger partial charge in [-0.25, -0.2) is 0 Å². The van der Waals surface area contributed by atoms with E-state index in [0.29, 0.717) is 11.3 Å². The van der Waals surface area contributed by atoms with Gasteiger partial charge in [-0.15, -0.1) is 0 Å². The fraction of sp³-hybridized carbons (Fsp3) is 0.158. The van der Waals surface area contributed by atoms with E-state index in [1.807, 2.05) is 30.3 Å². The minimum atomic E-state index is -1.83. The molecule has 0 fully saturated rings. The van der Waals surface area contributed by atoms with E-state index in [0.717, 1.165) is 10.0 Å². The third-order valence-corrected chi connectivity index (χ3v) is 4.61. The molecule has 0 bridgehead atoms. The lowest BCUT2D eigenvalue weighted by Crippen LogP contribution is -2.40. The van der Waals surface area contributed by atoms with Crippen LogP contribution in [0.1, 0.15) is 17.5 Å². The van der Waals surface area contributed by atoms with Crippen LogP contribution in [0.3, 0.4) is 0 Å². The first-order valence-electron chi connectivity index (χ1n) is 7.48. The molecule has 2 aromatic carbocycles. The third-order valence-electron chi connectivity index (χ3n) is 4.12. The summed E-state index contributed by atoms with van der Waals surface area (Å²) in [6, 6.07) is 14.6. The van der Waals surface area contributed by atoms with Crippen LogP contribution in [-0.2, 0) is 15.2 Å². The molecule has 0 unspecified atom stereocenters. The number of benzene rings is 2. The number of carbonyl (C=O) groups is 2. The highest BCUT2D eigenvalue weighted by Crippen LogP contribution is 2.42. The molecule has 0 aromatic heterocycles. The van der Waals surface area contributed by atoms with E-state index < -0.39 is 11.5 Å². The Balaban J connectivity index is 1.86. The molecule has 2 aromatic rings. The van der Waals surface area contributed by atoms with E-state index in [2.05, 4.69) is 15.9 Å². The molecule has 1 atom stereocenters. The summed E-state index contributed by atoms with van der Waals surface area (Å²) in [6.45, 7) is 0. The second kappa shape index (κ2) is 6.34. The minimum absolute atomic E-state index is 0.289. The predicted molar refractivity (Wildman–Crippen MR) is 96.5 cm³/mol. The van der Waals surface area contributed by atoms with Gasteiger partial charge in [-0.3, -0.25) is 9.59 Å². The summed E-state index contributed by atoms with van der Waals surface area (Å²) in [5.74, 6) is -0.798. The van der Waals surface area contributed by atoms with Crippen molar-refractivity contribution >= 4 is 39.4 Å². The van der Waals surface area contributed by atoms with Crippen LogP contribution in [0.5, 0.6) is 0 Å². The molecule has 1 aliphatic heterocycles. The lowest BCUT2D eigenvalue weighted by atomic mass is 9.89. The van der Waals surface area contributed by atoms with Crippen LogP contribution in [0.15, 0.2) is 59.1 Å². The topological polar surface area (TPSA) is 57.6 Å². The number of amides is 1. The number of nitrogens with zero attached hydrogens (tertiary/aromatic N) is 1. The van der Waals surface area contributed by atoms with Crippen molar-refractivity contribution in [1.82, 2.24) is 0 Å². The Hall–Kier alpha value is -2.24. The van der Waals surface area contributed by atoms with Gasteiger partial charge in [-0.1, -0.05) is 52.3 Å². The number of likely N-dealkylation sites (N-methyl/N-ethyl adjacent to an activating group) is 1. The lowest BCUT2D eigenvalue weighted by molar-refractivity contribution is -0.140. The van der Waals surface area contributed by atoms with Crippen LogP contribution in [-0.4, -0.2) is 23.8 Å². The first-order valence-corrected chi connectivity index (χ1v) is 8.27. The van der Waals surface area contributed by atoms with Crippen LogP contribution in [0.25, 0.3) is 6.08 Å². The van der Waals surface area contributed by atoms with Gasteiger partial charge in [0.05, 0.1) is 12.1 Å². The van der Waals surface area contributed by atoms with Gasteiger partial charge in [0, 0.05) is 17.1 Å². The normalized spacial score (nSPS) is 19.8. The maximum Gasteiger partial charge on any atom is 0.263 e. The van der Waals surface area contributed by atoms with E-state index >= 15 is 0 Å². The van der Waals surface area contributed by atoms with Gasteiger partial charge in [-0.2, -0.15) is 0 Å². The third kappa shape index (κ3) is 2.92. The number of aliphatic hydroxyl groups is 1. The molecule has 1 heterocycles. The molecular formula is C19H16BrNO3. The second-order valence-electron chi connectivity index (χ2n) is 5.77. The van der Waals surface area contributed by atoms with Crippen LogP contribution in [0.4, 0.5) is 5.69 Å². The molecule has 5 heteroatoms. The monoisotopic (exact) mass is 385 g/mol. The van der Waals surface area contributed by atoms with Crippen LogP contribution in [0, 0.1) is 0 Å². The molecular weight excluding hydrogens is 370 g/mol. The number of rotatable bonds is 4. The average Bonchev–Trinajstić information content (AvgIpc) is 2.75. The van der Waals surface area contributed by atoms with Crippen molar-refractivity contribution in [2.24, 2.45) is 0 Å². The Kier molecular flexibility index (Phi) is 4.39. The number of allylic oxidation sites excluding steroid dienone is 1. The van der Waals surface area contributed by atoms with Gasteiger partial charge >= 0.3 is 0 Å². The van der Waals surface area contributed by atoms with Crippen molar-refractivity contribution in [2.45, 2.75) is 12.0 Å². The maximum atomic E-state index is 12.5. The molecule has 1 amide bonds. The number of anilines is 1. The predicted octanol–water partition coefficient (Wildman–Crippen LogP) is 3.29. The number of hydrogen-bond donors (Lipinski definition) is 1. The number of hydrogen-bond acceptors (Lipinski definition) is 3. The summed E-state index contributed by atoms with van der Waals surface area (Å²) < 4.78 is 0.745. The summed E-state index contributed by atoms with van der Waals surface area (Å²) in [6.07, 6.45) is 2.79. The van der Waals surface area contributed by atoms with Gasteiger partial charge in [0.25, 0.3) is 5.91 Å². The van der Waals surface area contributed by atoms with Crippen molar-refractivity contribution in [3.8, 4) is 0 Å². The molecule has 122 valence electrons. The lowest BCUT2D eigenvalue weighted by Gasteiger charge is -2.20. The molecule has 1 N–H and O–H groups in total. The fourth-order valence-corrected chi connectivity index (χ4v) is 3.23. The summed E-state index contributed by atoms with van der Waals surface area (Å²) >= 11 is 3.34. The summed E-state index contributed by atoms with van der Waals surface area (Å²) in [7, 11) is 1.59. The first kappa shape index (κ1) is 16.6. The SMILES string of the molecule is CN1C(=O)[C@@](O)(CC(=O)/C=C/c2ccccc2)c2cc(Br)ccc21. The van der Waals surface area contributed by atoms with E-state index in [1.165, 1.54) is 11.0 Å². The van der Waals surface area contributed by atoms with Crippen LogP contribution >= 0.6 is 15.9 Å². The molecule has 0 aliphatic carbocycles. The highest BCUT2D eigenvalue weighted by Gasteiger charge is 2.49. The van der Waals surface area contributed by atoms with E-state index in [4.69, 9.17) is 0 Å². The van der Waals surface area contributed by atoms with E-state index in [9.17, 15) is 14.7 Å². The Morgan fingerprint density at radius 1 is 1.25 bits per heavy atom. The zero-order valence-corrected chi connectivity index (χ0v) is 14.7. The van der Waals surface area contributed by atoms with E-state index in [1.54, 1.807) is 31.3 Å². The number of fused-ring (bicyclic) bond motifs is 1. The van der Waals surface area contributed by atoms with E-state index in [-0.39, 0.29) is 12.2 Å². The molecule has 0 saturated carbocycles. The summed E-state index contributed by atoms with van der Waals surface area (Å²) in [5, 5.41) is 10.9. The minimum Gasteiger partial charge on any atom is -0.375 e. The number of halogens is 1. The fourth-order valence-electron chi connectivity index (χ4n) is 2.87. The largest absolute Gasteiger partial charge is 0.375 e. The Morgan fingerprint density at radius 3 is 2.67 bits per heavy atom. The molecule has 4 nitrogen and oxygen atoms in total. The summed E-state index contributed by atoms with van der Waals surface area (Å²) in [4.78, 5) is 26.2. The summed E-state index contributed by atoms with van der Waals surface area (Å²) in [5.41, 5.74) is 0.124. The molecule has 0 saturated heterocycles. The highest BCUT2D eigenvalue weighted by atomic mass is 79.9. The zero-order valence-electron chi connectivity index (χ0n) is 13.1. The Labute approximate surface area is 148 Å².